The number of aliphatic hydroxyl groups is 2. The largest absolute Gasteiger partial charge is 0.395 e. The predicted octanol–water partition coefficient (Wildman–Crippen LogP) is -0.493. The van der Waals surface area contributed by atoms with E-state index in [0.29, 0.717) is 0 Å². The topological polar surface area (TPSA) is 52.5 Å². The van der Waals surface area contributed by atoms with E-state index in [1.54, 1.807) is 0 Å². The van der Waals surface area contributed by atoms with Crippen molar-refractivity contribution in [3.05, 3.63) is 12.2 Å². The molecule has 2 unspecified atom stereocenters. The maximum absolute atomic E-state index is 9.21. The van der Waals surface area contributed by atoms with Crippen LogP contribution in [-0.2, 0) is 0 Å². The highest BCUT2D eigenvalue weighted by atomic mass is 16.3. The van der Waals surface area contributed by atoms with Gasteiger partial charge in [-0.15, -0.1) is 0 Å². The van der Waals surface area contributed by atoms with Gasteiger partial charge >= 0.3 is 0 Å². The summed E-state index contributed by atoms with van der Waals surface area (Å²) in [4.78, 5) is 0. The highest BCUT2D eigenvalue weighted by Gasteiger charge is 2.46. The van der Waals surface area contributed by atoms with Crippen LogP contribution >= 0.6 is 0 Å². The molecular formula is C9H15NO2. The fourth-order valence-electron chi connectivity index (χ4n) is 2.30. The van der Waals surface area contributed by atoms with E-state index in [1.165, 1.54) is 0 Å². The van der Waals surface area contributed by atoms with Crippen LogP contribution in [0.3, 0.4) is 0 Å². The first kappa shape index (κ1) is 8.23. The average molecular weight is 169 g/mol. The Balaban J connectivity index is 2.22. The zero-order valence-electron chi connectivity index (χ0n) is 7.08. The Hall–Kier alpha value is -0.380. The molecule has 0 aromatic heterocycles. The molecule has 0 spiro atoms. The molecule has 0 saturated carbocycles. The van der Waals surface area contributed by atoms with Crippen LogP contribution < -0.4 is 5.32 Å². The predicted molar refractivity (Wildman–Crippen MR) is 45.7 cm³/mol. The lowest BCUT2D eigenvalue weighted by Crippen LogP contribution is -2.48. The number of rotatable bonds is 2. The Labute approximate surface area is 72.1 Å². The van der Waals surface area contributed by atoms with Gasteiger partial charge in [0.15, 0.2) is 0 Å². The van der Waals surface area contributed by atoms with Gasteiger partial charge in [0.2, 0.25) is 0 Å². The summed E-state index contributed by atoms with van der Waals surface area (Å²) in [6.07, 6.45) is 5.01. The summed E-state index contributed by atoms with van der Waals surface area (Å²) in [7, 11) is 0. The summed E-state index contributed by atoms with van der Waals surface area (Å²) in [5, 5.41) is 21.7. The first-order valence-corrected chi connectivity index (χ1v) is 4.37. The molecule has 68 valence electrons. The molecule has 1 fully saturated rings. The van der Waals surface area contributed by atoms with Gasteiger partial charge in [0.25, 0.3) is 0 Å². The molecule has 1 saturated heterocycles. The summed E-state index contributed by atoms with van der Waals surface area (Å²) in [6, 6.07) is 0. The number of fused-ring (bicyclic) bond motifs is 2. The molecule has 3 N–H and O–H groups in total. The zero-order valence-corrected chi connectivity index (χ0v) is 7.08. The first-order chi connectivity index (χ1) is 5.74. The Morgan fingerprint density at radius 3 is 2.00 bits per heavy atom. The van der Waals surface area contributed by atoms with Crippen LogP contribution in [0, 0.1) is 10.8 Å². The lowest BCUT2D eigenvalue weighted by atomic mass is 9.75. The molecule has 3 nitrogen and oxygen atoms in total. The van der Waals surface area contributed by atoms with Crippen LogP contribution in [0.5, 0.6) is 0 Å². The third-order valence-electron chi connectivity index (χ3n) is 3.08. The standard InChI is InChI=1S/C9H15NO2/c11-6-8-1-2-9(3-8,7-12)5-10-4-8/h1-2,10-12H,3-7H2. The molecule has 1 aliphatic carbocycles. The van der Waals surface area contributed by atoms with E-state index in [-0.39, 0.29) is 24.0 Å². The van der Waals surface area contributed by atoms with Crippen molar-refractivity contribution >= 4 is 0 Å². The van der Waals surface area contributed by atoms with Crippen molar-refractivity contribution in [1.82, 2.24) is 5.32 Å². The Bertz CT molecular complexity index is 197. The average Bonchev–Trinajstić information content (AvgIpc) is 2.41. The van der Waals surface area contributed by atoms with Crippen LogP contribution in [0.15, 0.2) is 12.2 Å². The SMILES string of the molecule is OCC12C=CC(CO)(CNC1)C2. The van der Waals surface area contributed by atoms with Crippen molar-refractivity contribution in [2.45, 2.75) is 6.42 Å². The number of nitrogens with one attached hydrogen (secondary N) is 1. The normalized spacial score (nSPS) is 45.2. The van der Waals surface area contributed by atoms with E-state index < -0.39 is 0 Å². The second-order valence-electron chi connectivity index (χ2n) is 4.15. The van der Waals surface area contributed by atoms with Gasteiger partial charge in [-0.05, 0) is 6.42 Å². The van der Waals surface area contributed by atoms with Gasteiger partial charge in [-0.3, -0.25) is 0 Å². The molecule has 3 heteroatoms. The third-order valence-corrected chi connectivity index (χ3v) is 3.08. The smallest absolute Gasteiger partial charge is 0.0534 e. The van der Waals surface area contributed by atoms with Gasteiger partial charge in [-0.2, -0.15) is 0 Å². The third kappa shape index (κ3) is 1.01. The van der Waals surface area contributed by atoms with Crippen molar-refractivity contribution in [3.63, 3.8) is 0 Å². The van der Waals surface area contributed by atoms with Crippen molar-refractivity contribution in [2.24, 2.45) is 10.8 Å². The van der Waals surface area contributed by atoms with E-state index >= 15 is 0 Å². The summed E-state index contributed by atoms with van der Waals surface area (Å²) in [5.74, 6) is 0. The van der Waals surface area contributed by atoms with Crippen LogP contribution in [0.4, 0.5) is 0 Å². The molecule has 1 heterocycles. The monoisotopic (exact) mass is 169 g/mol. The van der Waals surface area contributed by atoms with Crippen molar-refractivity contribution in [1.29, 1.82) is 0 Å². The lowest BCUT2D eigenvalue weighted by molar-refractivity contribution is 0.0667. The highest BCUT2D eigenvalue weighted by Crippen LogP contribution is 2.45. The molecule has 2 atom stereocenters. The van der Waals surface area contributed by atoms with E-state index in [0.717, 1.165) is 19.5 Å². The first-order valence-electron chi connectivity index (χ1n) is 4.37. The summed E-state index contributed by atoms with van der Waals surface area (Å²) >= 11 is 0. The molecule has 2 bridgehead atoms. The maximum atomic E-state index is 9.21. The van der Waals surface area contributed by atoms with Crippen molar-refractivity contribution < 1.29 is 10.2 Å². The van der Waals surface area contributed by atoms with Gasteiger partial charge in [0, 0.05) is 23.9 Å². The Morgan fingerprint density at radius 1 is 1.08 bits per heavy atom. The van der Waals surface area contributed by atoms with Crippen LogP contribution in [-0.4, -0.2) is 36.5 Å². The number of piperidine rings is 1. The second-order valence-corrected chi connectivity index (χ2v) is 4.15. The summed E-state index contributed by atoms with van der Waals surface area (Å²) in [5.41, 5.74) is -0.192. The second kappa shape index (κ2) is 2.55. The highest BCUT2D eigenvalue weighted by molar-refractivity contribution is 5.21. The van der Waals surface area contributed by atoms with Crippen LogP contribution in [0.25, 0.3) is 0 Å². The molecule has 1 aliphatic heterocycles. The molecule has 2 aliphatic rings. The Morgan fingerprint density at radius 2 is 1.58 bits per heavy atom. The van der Waals surface area contributed by atoms with Gasteiger partial charge in [0.1, 0.15) is 0 Å². The quantitative estimate of drug-likeness (QED) is 0.489. The van der Waals surface area contributed by atoms with E-state index in [2.05, 4.69) is 17.5 Å². The summed E-state index contributed by atoms with van der Waals surface area (Å²) < 4.78 is 0. The van der Waals surface area contributed by atoms with Gasteiger partial charge in [-0.1, -0.05) is 12.2 Å². The van der Waals surface area contributed by atoms with Crippen LogP contribution in [0.1, 0.15) is 6.42 Å². The molecule has 12 heavy (non-hydrogen) atoms. The number of aliphatic hydroxyl groups excluding tert-OH is 2. The molecule has 0 aromatic rings. The fraction of sp³-hybridized carbons (Fsp3) is 0.778. The molecule has 0 aromatic carbocycles. The lowest BCUT2D eigenvalue weighted by Gasteiger charge is -2.38. The van der Waals surface area contributed by atoms with Crippen molar-refractivity contribution in [2.75, 3.05) is 26.3 Å². The Kier molecular flexibility index (Phi) is 1.75. The van der Waals surface area contributed by atoms with E-state index in [9.17, 15) is 10.2 Å². The van der Waals surface area contributed by atoms with Gasteiger partial charge in [0.05, 0.1) is 13.2 Å². The molecular weight excluding hydrogens is 154 g/mol. The van der Waals surface area contributed by atoms with Gasteiger partial charge < -0.3 is 15.5 Å². The maximum Gasteiger partial charge on any atom is 0.0534 e. The van der Waals surface area contributed by atoms with E-state index in [4.69, 9.17) is 0 Å². The number of hydrogen-bond acceptors (Lipinski definition) is 3. The van der Waals surface area contributed by atoms with Gasteiger partial charge in [-0.25, -0.2) is 0 Å². The minimum absolute atomic E-state index is 0.0962. The zero-order chi connectivity index (χ0) is 8.66. The summed E-state index contributed by atoms with van der Waals surface area (Å²) in [6.45, 7) is 2.03. The number of hydrogen-bond donors (Lipinski definition) is 3. The molecule has 0 radical (unpaired) electrons. The molecule has 0 amide bonds. The minimum atomic E-state index is -0.0962. The van der Waals surface area contributed by atoms with Crippen molar-refractivity contribution in [3.8, 4) is 0 Å². The van der Waals surface area contributed by atoms with E-state index in [1.807, 2.05) is 0 Å². The van der Waals surface area contributed by atoms with Crippen LogP contribution in [0.2, 0.25) is 0 Å². The fourth-order valence-corrected chi connectivity index (χ4v) is 2.30. The minimum Gasteiger partial charge on any atom is -0.395 e. The molecule has 2 rings (SSSR count).